The standard InChI is InChI=1S/C15H25N3O2.HI/c1-5-6-10-17-15(16-2)18-11-12-8-7-9-13(19-3)14(12)20-4;/h7-9H,5-6,10-11H2,1-4H3,(H2,16,17,18);1H. The van der Waals surface area contributed by atoms with Crippen LogP contribution in [0.1, 0.15) is 25.3 Å². The number of rotatable bonds is 7. The van der Waals surface area contributed by atoms with E-state index in [4.69, 9.17) is 9.47 Å². The quantitative estimate of drug-likeness (QED) is 0.316. The van der Waals surface area contributed by atoms with Gasteiger partial charge in [-0.15, -0.1) is 24.0 Å². The van der Waals surface area contributed by atoms with Gasteiger partial charge in [0.25, 0.3) is 0 Å². The second kappa shape index (κ2) is 11.5. The lowest BCUT2D eigenvalue weighted by atomic mass is 10.2. The van der Waals surface area contributed by atoms with Gasteiger partial charge in [0, 0.05) is 25.7 Å². The van der Waals surface area contributed by atoms with Crippen molar-refractivity contribution < 1.29 is 9.47 Å². The van der Waals surface area contributed by atoms with Crippen LogP contribution < -0.4 is 20.1 Å². The lowest BCUT2D eigenvalue weighted by Crippen LogP contribution is -2.37. The van der Waals surface area contributed by atoms with Gasteiger partial charge in [-0.2, -0.15) is 0 Å². The van der Waals surface area contributed by atoms with Crippen LogP contribution in [0, 0.1) is 0 Å². The maximum absolute atomic E-state index is 5.41. The molecule has 120 valence electrons. The van der Waals surface area contributed by atoms with Crippen molar-refractivity contribution in [3.05, 3.63) is 23.8 Å². The van der Waals surface area contributed by atoms with Gasteiger partial charge >= 0.3 is 0 Å². The highest BCUT2D eigenvalue weighted by Gasteiger charge is 2.09. The molecule has 0 radical (unpaired) electrons. The minimum atomic E-state index is 0. The summed E-state index contributed by atoms with van der Waals surface area (Å²) in [5.41, 5.74) is 1.03. The Morgan fingerprint density at radius 2 is 1.95 bits per heavy atom. The van der Waals surface area contributed by atoms with Gasteiger partial charge in [0.05, 0.1) is 14.2 Å². The minimum absolute atomic E-state index is 0. The highest BCUT2D eigenvalue weighted by molar-refractivity contribution is 14.0. The van der Waals surface area contributed by atoms with Gasteiger partial charge in [0.1, 0.15) is 0 Å². The molecule has 21 heavy (non-hydrogen) atoms. The Labute approximate surface area is 144 Å². The van der Waals surface area contributed by atoms with Crippen molar-refractivity contribution in [2.45, 2.75) is 26.3 Å². The summed E-state index contributed by atoms with van der Waals surface area (Å²) in [6.07, 6.45) is 2.29. The van der Waals surface area contributed by atoms with E-state index in [0.29, 0.717) is 6.54 Å². The van der Waals surface area contributed by atoms with Gasteiger partial charge in [0.15, 0.2) is 17.5 Å². The molecule has 0 aromatic heterocycles. The SMILES string of the molecule is CCCCNC(=NC)NCc1cccc(OC)c1OC.I. The summed E-state index contributed by atoms with van der Waals surface area (Å²) >= 11 is 0. The Morgan fingerprint density at radius 3 is 2.52 bits per heavy atom. The van der Waals surface area contributed by atoms with E-state index in [2.05, 4.69) is 22.5 Å². The van der Waals surface area contributed by atoms with Crippen molar-refractivity contribution in [1.29, 1.82) is 0 Å². The molecular formula is C15H26IN3O2. The summed E-state index contributed by atoms with van der Waals surface area (Å²) in [4.78, 5) is 4.20. The van der Waals surface area contributed by atoms with E-state index >= 15 is 0 Å². The summed E-state index contributed by atoms with van der Waals surface area (Å²) < 4.78 is 10.7. The number of para-hydroxylation sites is 1. The number of methoxy groups -OCH3 is 2. The summed E-state index contributed by atoms with van der Waals surface area (Å²) in [6, 6.07) is 5.84. The van der Waals surface area contributed by atoms with Gasteiger partial charge in [-0.1, -0.05) is 25.5 Å². The lowest BCUT2D eigenvalue weighted by Gasteiger charge is -2.15. The molecule has 1 rings (SSSR count). The van der Waals surface area contributed by atoms with E-state index in [1.165, 1.54) is 0 Å². The molecule has 2 N–H and O–H groups in total. The van der Waals surface area contributed by atoms with Gasteiger partial charge in [-0.3, -0.25) is 4.99 Å². The highest BCUT2D eigenvalue weighted by atomic mass is 127. The Morgan fingerprint density at radius 1 is 1.19 bits per heavy atom. The Balaban J connectivity index is 0.00000400. The van der Waals surface area contributed by atoms with Gasteiger partial charge < -0.3 is 20.1 Å². The van der Waals surface area contributed by atoms with Crippen molar-refractivity contribution in [3.8, 4) is 11.5 Å². The van der Waals surface area contributed by atoms with Gasteiger partial charge in [-0.05, 0) is 12.5 Å². The van der Waals surface area contributed by atoms with Crippen LogP contribution in [0.4, 0.5) is 0 Å². The van der Waals surface area contributed by atoms with Crippen LogP contribution >= 0.6 is 24.0 Å². The van der Waals surface area contributed by atoms with E-state index in [1.807, 2.05) is 18.2 Å². The Hall–Kier alpha value is -1.18. The largest absolute Gasteiger partial charge is 0.493 e. The summed E-state index contributed by atoms with van der Waals surface area (Å²) in [5.74, 6) is 2.29. The van der Waals surface area contributed by atoms with Crippen LogP contribution in [0.15, 0.2) is 23.2 Å². The summed E-state index contributed by atoms with van der Waals surface area (Å²) in [7, 11) is 5.06. The second-order valence-corrected chi connectivity index (χ2v) is 4.36. The highest BCUT2D eigenvalue weighted by Crippen LogP contribution is 2.30. The molecule has 0 saturated carbocycles. The van der Waals surface area contributed by atoms with E-state index in [-0.39, 0.29) is 24.0 Å². The average Bonchev–Trinajstić information content (AvgIpc) is 2.50. The molecule has 5 nitrogen and oxygen atoms in total. The molecule has 0 saturated heterocycles. The third kappa shape index (κ3) is 6.41. The van der Waals surface area contributed by atoms with Gasteiger partial charge in [-0.25, -0.2) is 0 Å². The molecular weight excluding hydrogens is 381 g/mol. The number of nitrogens with one attached hydrogen (secondary N) is 2. The zero-order valence-corrected chi connectivity index (χ0v) is 15.6. The normalized spacial score (nSPS) is 10.6. The fourth-order valence-electron chi connectivity index (χ4n) is 1.88. The second-order valence-electron chi connectivity index (χ2n) is 4.36. The monoisotopic (exact) mass is 407 g/mol. The molecule has 6 heteroatoms. The number of hydrogen-bond donors (Lipinski definition) is 2. The molecule has 0 aliphatic carbocycles. The maximum Gasteiger partial charge on any atom is 0.191 e. The molecule has 0 atom stereocenters. The number of aliphatic imine (C=N–C) groups is 1. The van der Waals surface area contributed by atoms with E-state index in [1.54, 1.807) is 21.3 Å². The maximum atomic E-state index is 5.41. The third-order valence-electron chi connectivity index (χ3n) is 2.98. The Kier molecular flexibility index (Phi) is 10.8. The zero-order chi connectivity index (χ0) is 14.8. The molecule has 0 aliphatic heterocycles. The predicted molar refractivity (Wildman–Crippen MR) is 98.1 cm³/mol. The first-order valence-electron chi connectivity index (χ1n) is 6.91. The molecule has 1 aromatic carbocycles. The van der Waals surface area contributed by atoms with E-state index in [0.717, 1.165) is 42.4 Å². The topological polar surface area (TPSA) is 54.9 Å². The molecule has 0 bridgehead atoms. The smallest absolute Gasteiger partial charge is 0.191 e. The first-order valence-corrected chi connectivity index (χ1v) is 6.91. The molecule has 0 amide bonds. The van der Waals surface area contributed by atoms with Crippen molar-refractivity contribution in [1.82, 2.24) is 10.6 Å². The van der Waals surface area contributed by atoms with E-state index in [9.17, 15) is 0 Å². The van der Waals surface area contributed by atoms with Crippen LogP contribution in [0.3, 0.4) is 0 Å². The molecule has 1 aromatic rings. The fourth-order valence-corrected chi connectivity index (χ4v) is 1.88. The van der Waals surface area contributed by atoms with Crippen molar-refractivity contribution in [3.63, 3.8) is 0 Å². The van der Waals surface area contributed by atoms with Crippen molar-refractivity contribution >= 4 is 29.9 Å². The number of nitrogens with zero attached hydrogens (tertiary/aromatic N) is 1. The molecule has 0 fully saturated rings. The van der Waals surface area contributed by atoms with Crippen molar-refractivity contribution in [2.24, 2.45) is 4.99 Å². The summed E-state index contributed by atoms with van der Waals surface area (Å²) in [6.45, 7) is 3.72. The lowest BCUT2D eigenvalue weighted by molar-refractivity contribution is 0.351. The van der Waals surface area contributed by atoms with Crippen LogP contribution in [0.2, 0.25) is 0 Å². The average molecular weight is 407 g/mol. The molecule has 0 unspecified atom stereocenters. The minimum Gasteiger partial charge on any atom is -0.493 e. The van der Waals surface area contributed by atoms with Crippen molar-refractivity contribution in [2.75, 3.05) is 27.8 Å². The molecule has 0 heterocycles. The van der Waals surface area contributed by atoms with Crippen LogP contribution in [-0.2, 0) is 6.54 Å². The molecule has 0 aliphatic rings. The third-order valence-corrected chi connectivity index (χ3v) is 2.98. The number of hydrogen-bond acceptors (Lipinski definition) is 3. The predicted octanol–water partition coefficient (Wildman–Crippen LogP) is 2.79. The summed E-state index contributed by atoms with van der Waals surface area (Å²) in [5, 5.41) is 6.55. The molecule has 0 spiro atoms. The number of unbranched alkanes of at least 4 members (excludes halogenated alkanes) is 1. The zero-order valence-electron chi connectivity index (χ0n) is 13.2. The number of ether oxygens (including phenoxy) is 2. The van der Waals surface area contributed by atoms with Gasteiger partial charge in [0.2, 0.25) is 0 Å². The first-order chi connectivity index (χ1) is 9.76. The van der Waals surface area contributed by atoms with Crippen LogP contribution in [-0.4, -0.2) is 33.8 Å². The Bertz CT molecular complexity index is 439. The number of benzene rings is 1. The van der Waals surface area contributed by atoms with Crippen LogP contribution in [0.5, 0.6) is 11.5 Å². The number of halogens is 1. The van der Waals surface area contributed by atoms with Crippen LogP contribution in [0.25, 0.3) is 0 Å². The fraction of sp³-hybridized carbons (Fsp3) is 0.533. The first kappa shape index (κ1) is 19.8. The number of guanidine groups is 1. The van der Waals surface area contributed by atoms with E-state index < -0.39 is 0 Å².